The molecule has 0 radical (unpaired) electrons. The van der Waals surface area contributed by atoms with E-state index in [0.29, 0.717) is 22.6 Å². The van der Waals surface area contributed by atoms with Gasteiger partial charge in [-0.3, -0.25) is 0 Å². The van der Waals surface area contributed by atoms with Crippen LogP contribution >= 0.6 is 0 Å². The fourth-order valence-corrected chi connectivity index (χ4v) is 4.76. The van der Waals surface area contributed by atoms with Crippen LogP contribution in [0.5, 0.6) is 11.5 Å². The molecule has 0 aliphatic carbocycles. The van der Waals surface area contributed by atoms with Crippen molar-refractivity contribution >= 4 is 11.7 Å². The molecule has 0 bridgehead atoms. The van der Waals surface area contributed by atoms with E-state index in [1.54, 1.807) is 25.1 Å². The number of phenolic OH excluding ortho intramolecular Hbond substituents is 1. The van der Waals surface area contributed by atoms with Crippen molar-refractivity contribution in [2.75, 3.05) is 5.73 Å². The number of esters is 1. The highest BCUT2D eigenvalue weighted by Gasteiger charge is 2.14. The van der Waals surface area contributed by atoms with Crippen molar-refractivity contribution in [2.24, 2.45) is 0 Å². The summed E-state index contributed by atoms with van der Waals surface area (Å²) in [6.07, 6.45) is 22.9. The molecule has 0 saturated heterocycles. The van der Waals surface area contributed by atoms with E-state index in [2.05, 4.69) is 6.92 Å². The summed E-state index contributed by atoms with van der Waals surface area (Å²) >= 11 is 0. The second-order valence-corrected chi connectivity index (χ2v) is 10.3. The number of hydrogen-bond donors (Lipinski definition) is 2. The van der Waals surface area contributed by atoms with Crippen molar-refractivity contribution in [3.05, 3.63) is 53.1 Å². The third kappa shape index (κ3) is 12.0. The predicted molar refractivity (Wildman–Crippen MR) is 152 cm³/mol. The van der Waals surface area contributed by atoms with Crippen LogP contribution in [0.3, 0.4) is 0 Å². The van der Waals surface area contributed by atoms with Gasteiger partial charge in [0.1, 0.15) is 5.75 Å². The summed E-state index contributed by atoms with van der Waals surface area (Å²) in [6.45, 7) is 4.04. The SMILES string of the molecule is CCCCCCCCCCCCCCCCCCc1ccc(OC(=O)c2ccc(O)cc2C)c(N)c1. The number of aryl methyl sites for hydroxylation is 2. The van der Waals surface area contributed by atoms with Crippen molar-refractivity contribution in [2.45, 2.75) is 123 Å². The largest absolute Gasteiger partial charge is 0.508 e. The number of carbonyl (C=O) groups is 1. The number of anilines is 1. The van der Waals surface area contributed by atoms with Gasteiger partial charge in [0.25, 0.3) is 0 Å². The van der Waals surface area contributed by atoms with Crippen molar-refractivity contribution in [1.82, 2.24) is 0 Å². The number of rotatable bonds is 19. The van der Waals surface area contributed by atoms with Gasteiger partial charge in [-0.2, -0.15) is 0 Å². The molecule has 0 aliphatic rings. The average molecular weight is 496 g/mol. The number of nitrogens with two attached hydrogens (primary N) is 1. The highest BCUT2D eigenvalue weighted by atomic mass is 16.5. The molecule has 0 atom stereocenters. The number of aromatic hydroxyl groups is 1. The Morgan fingerprint density at radius 3 is 1.78 bits per heavy atom. The Balaban J connectivity index is 1.51. The van der Waals surface area contributed by atoms with Gasteiger partial charge < -0.3 is 15.6 Å². The van der Waals surface area contributed by atoms with Gasteiger partial charge in [-0.15, -0.1) is 0 Å². The lowest BCUT2D eigenvalue weighted by atomic mass is 10.0. The summed E-state index contributed by atoms with van der Waals surface area (Å²) < 4.78 is 5.50. The Morgan fingerprint density at radius 2 is 1.28 bits per heavy atom. The van der Waals surface area contributed by atoms with Crippen molar-refractivity contribution in [1.29, 1.82) is 0 Å². The zero-order chi connectivity index (χ0) is 26.0. The molecule has 0 saturated carbocycles. The monoisotopic (exact) mass is 495 g/mol. The van der Waals surface area contributed by atoms with E-state index < -0.39 is 5.97 Å². The van der Waals surface area contributed by atoms with E-state index in [-0.39, 0.29) is 5.75 Å². The third-order valence-electron chi connectivity index (χ3n) is 7.03. The summed E-state index contributed by atoms with van der Waals surface area (Å²) in [4.78, 5) is 12.5. The van der Waals surface area contributed by atoms with Crippen LogP contribution in [0.2, 0.25) is 0 Å². The van der Waals surface area contributed by atoms with Gasteiger partial charge in [0.2, 0.25) is 0 Å². The Bertz CT molecular complexity index is 893. The van der Waals surface area contributed by atoms with Crippen LogP contribution in [0.1, 0.15) is 131 Å². The zero-order valence-corrected chi connectivity index (χ0v) is 22.8. The maximum atomic E-state index is 12.5. The first-order valence-electron chi connectivity index (χ1n) is 14.4. The molecule has 200 valence electrons. The predicted octanol–water partition coefficient (Wildman–Crippen LogP) is 9.31. The van der Waals surface area contributed by atoms with Gasteiger partial charge in [-0.05, 0) is 61.2 Å². The van der Waals surface area contributed by atoms with Crippen LogP contribution in [0, 0.1) is 6.92 Å². The molecule has 4 nitrogen and oxygen atoms in total. The topological polar surface area (TPSA) is 72.5 Å². The Hall–Kier alpha value is -2.49. The first-order valence-corrected chi connectivity index (χ1v) is 14.4. The molecule has 36 heavy (non-hydrogen) atoms. The van der Waals surface area contributed by atoms with Gasteiger partial charge in [0.15, 0.2) is 5.75 Å². The molecule has 2 rings (SSSR count). The van der Waals surface area contributed by atoms with Crippen LogP contribution in [-0.4, -0.2) is 11.1 Å². The van der Waals surface area contributed by atoms with E-state index >= 15 is 0 Å². The van der Waals surface area contributed by atoms with Gasteiger partial charge in [-0.1, -0.05) is 109 Å². The fourth-order valence-electron chi connectivity index (χ4n) is 4.76. The molecule has 0 aromatic heterocycles. The van der Waals surface area contributed by atoms with Crippen LogP contribution in [0.25, 0.3) is 0 Å². The number of ether oxygens (including phenoxy) is 1. The zero-order valence-electron chi connectivity index (χ0n) is 22.8. The lowest BCUT2D eigenvalue weighted by molar-refractivity contribution is 0.0735. The van der Waals surface area contributed by atoms with Crippen LogP contribution in [0.15, 0.2) is 36.4 Å². The maximum Gasteiger partial charge on any atom is 0.343 e. The van der Waals surface area contributed by atoms with E-state index in [4.69, 9.17) is 10.5 Å². The smallest absolute Gasteiger partial charge is 0.343 e. The lowest BCUT2D eigenvalue weighted by Gasteiger charge is -2.11. The molecule has 3 N–H and O–H groups in total. The molecule has 0 spiro atoms. The average Bonchev–Trinajstić information content (AvgIpc) is 2.85. The number of phenols is 1. The molecule has 2 aromatic rings. The Labute approximate surface area is 219 Å². The van der Waals surface area contributed by atoms with E-state index in [9.17, 15) is 9.90 Å². The molecule has 2 aromatic carbocycles. The van der Waals surface area contributed by atoms with Gasteiger partial charge in [0, 0.05) is 0 Å². The number of carbonyl (C=O) groups excluding carboxylic acids is 1. The Kier molecular flexibility index (Phi) is 14.8. The third-order valence-corrected chi connectivity index (χ3v) is 7.03. The quantitative estimate of drug-likeness (QED) is 0.0881. The number of unbranched alkanes of at least 4 members (excludes halogenated alkanes) is 15. The van der Waals surface area contributed by atoms with E-state index in [0.717, 1.165) is 12.8 Å². The summed E-state index contributed by atoms with van der Waals surface area (Å²) in [5.74, 6) is 0.0370. The first-order chi connectivity index (χ1) is 17.5. The van der Waals surface area contributed by atoms with Crippen LogP contribution in [0.4, 0.5) is 5.69 Å². The number of benzene rings is 2. The van der Waals surface area contributed by atoms with Gasteiger partial charge in [-0.25, -0.2) is 4.79 Å². The van der Waals surface area contributed by atoms with Crippen LogP contribution < -0.4 is 10.5 Å². The van der Waals surface area contributed by atoms with Crippen molar-refractivity contribution < 1.29 is 14.6 Å². The number of nitrogen functional groups attached to an aromatic ring is 1. The molecular weight excluding hydrogens is 446 g/mol. The summed E-state index contributed by atoms with van der Waals surface area (Å²) in [5, 5.41) is 9.52. The molecule has 4 heteroatoms. The fraction of sp³-hybridized carbons (Fsp3) is 0.594. The molecule has 0 unspecified atom stereocenters. The lowest BCUT2D eigenvalue weighted by Crippen LogP contribution is -2.11. The molecule has 0 aliphatic heterocycles. The van der Waals surface area contributed by atoms with E-state index in [1.165, 1.54) is 108 Å². The normalized spacial score (nSPS) is 11.1. The second-order valence-electron chi connectivity index (χ2n) is 10.3. The standard InChI is InChI=1S/C32H49NO3/c1-3-4-5-6-7-8-9-10-11-12-13-14-15-16-17-18-19-27-20-23-31(30(33)25-27)36-32(35)29-22-21-28(34)24-26(29)2/h20-25,34H,3-19,33H2,1-2H3. The van der Waals surface area contributed by atoms with Crippen molar-refractivity contribution in [3.63, 3.8) is 0 Å². The molecule has 0 fully saturated rings. The summed E-state index contributed by atoms with van der Waals surface area (Å²) in [5.41, 5.74) is 8.90. The Morgan fingerprint density at radius 1 is 0.750 bits per heavy atom. The molecule has 0 heterocycles. The van der Waals surface area contributed by atoms with E-state index in [1.807, 2.05) is 12.1 Å². The van der Waals surface area contributed by atoms with Gasteiger partial charge >= 0.3 is 5.97 Å². The molecule has 0 amide bonds. The van der Waals surface area contributed by atoms with Gasteiger partial charge in [0.05, 0.1) is 11.3 Å². The summed E-state index contributed by atoms with van der Waals surface area (Å²) in [7, 11) is 0. The minimum Gasteiger partial charge on any atom is -0.508 e. The maximum absolute atomic E-state index is 12.5. The van der Waals surface area contributed by atoms with Crippen molar-refractivity contribution in [3.8, 4) is 11.5 Å². The second kappa shape index (κ2) is 17.9. The minimum absolute atomic E-state index is 0.127. The highest BCUT2D eigenvalue weighted by Crippen LogP contribution is 2.26. The highest BCUT2D eigenvalue weighted by molar-refractivity contribution is 5.93. The first kappa shape index (κ1) is 29.7. The minimum atomic E-state index is -0.468. The molecular formula is C32H49NO3. The summed E-state index contributed by atoms with van der Waals surface area (Å²) in [6, 6.07) is 10.3. The number of hydrogen-bond acceptors (Lipinski definition) is 4. The van der Waals surface area contributed by atoms with Crippen LogP contribution in [-0.2, 0) is 6.42 Å².